The average molecular weight is 367 g/mol. The van der Waals surface area contributed by atoms with Gasteiger partial charge in [0.05, 0.1) is 0 Å². The molecule has 0 bridgehead atoms. The molecule has 27 heavy (non-hydrogen) atoms. The highest BCUT2D eigenvalue weighted by molar-refractivity contribution is 5.94. The molecule has 1 unspecified atom stereocenters. The minimum atomic E-state index is -0.0559. The van der Waals surface area contributed by atoms with E-state index in [0.717, 1.165) is 24.4 Å². The summed E-state index contributed by atoms with van der Waals surface area (Å²) in [6, 6.07) is 18.4. The van der Waals surface area contributed by atoms with Crippen molar-refractivity contribution in [3.8, 4) is 0 Å². The Bertz CT molecular complexity index is 743. The van der Waals surface area contributed by atoms with Crippen molar-refractivity contribution in [2.24, 2.45) is 4.99 Å². The van der Waals surface area contributed by atoms with Crippen LogP contribution < -0.4 is 16.0 Å². The van der Waals surface area contributed by atoms with Gasteiger partial charge in [-0.2, -0.15) is 0 Å². The van der Waals surface area contributed by atoms with Crippen LogP contribution >= 0.6 is 0 Å². The Kier molecular flexibility index (Phi) is 8.36. The molecule has 0 aliphatic rings. The minimum absolute atomic E-state index is 0.0559. The zero-order valence-electron chi connectivity index (χ0n) is 16.5. The van der Waals surface area contributed by atoms with Crippen LogP contribution in [0.2, 0.25) is 0 Å². The quantitative estimate of drug-likeness (QED) is 0.382. The van der Waals surface area contributed by atoms with Crippen molar-refractivity contribution in [1.82, 2.24) is 16.0 Å². The van der Waals surface area contributed by atoms with Crippen LogP contribution in [0.4, 0.5) is 0 Å². The molecule has 0 fully saturated rings. The molecule has 144 valence electrons. The molecule has 0 aliphatic carbocycles. The Balaban J connectivity index is 1.67. The molecule has 0 aromatic heterocycles. The molecular weight excluding hydrogens is 336 g/mol. The molecule has 2 aromatic carbocycles. The van der Waals surface area contributed by atoms with Gasteiger partial charge in [0.1, 0.15) is 0 Å². The molecule has 1 atom stereocenters. The number of carbonyl (C=O) groups is 1. The van der Waals surface area contributed by atoms with Crippen molar-refractivity contribution < 1.29 is 4.79 Å². The fraction of sp³-hybridized carbons (Fsp3) is 0.364. The van der Waals surface area contributed by atoms with Crippen LogP contribution in [0.25, 0.3) is 0 Å². The van der Waals surface area contributed by atoms with Gasteiger partial charge in [-0.25, -0.2) is 0 Å². The monoisotopic (exact) mass is 366 g/mol. The molecule has 5 heteroatoms. The minimum Gasteiger partial charge on any atom is -0.355 e. The van der Waals surface area contributed by atoms with E-state index < -0.39 is 0 Å². The van der Waals surface area contributed by atoms with Gasteiger partial charge in [-0.3, -0.25) is 9.79 Å². The van der Waals surface area contributed by atoms with Gasteiger partial charge < -0.3 is 16.0 Å². The Hall–Kier alpha value is -2.82. The number of nitrogens with one attached hydrogen (secondary N) is 3. The summed E-state index contributed by atoms with van der Waals surface area (Å²) in [5.74, 6) is 0.694. The maximum Gasteiger partial charge on any atom is 0.251 e. The molecule has 2 rings (SSSR count). The van der Waals surface area contributed by atoms with E-state index in [1.54, 1.807) is 7.05 Å². The first-order valence-corrected chi connectivity index (χ1v) is 9.44. The average Bonchev–Trinajstić information content (AvgIpc) is 2.69. The third kappa shape index (κ3) is 7.52. The molecule has 1 amide bonds. The summed E-state index contributed by atoms with van der Waals surface area (Å²) in [4.78, 5) is 16.4. The van der Waals surface area contributed by atoms with Crippen LogP contribution in [-0.4, -0.2) is 38.0 Å². The van der Waals surface area contributed by atoms with Gasteiger partial charge >= 0.3 is 0 Å². The molecule has 0 heterocycles. The zero-order valence-corrected chi connectivity index (χ0v) is 16.5. The summed E-state index contributed by atoms with van der Waals surface area (Å²) in [6.07, 6.45) is 2.05. The van der Waals surface area contributed by atoms with E-state index in [4.69, 9.17) is 0 Å². The van der Waals surface area contributed by atoms with Gasteiger partial charge in [0.2, 0.25) is 0 Å². The van der Waals surface area contributed by atoms with E-state index >= 15 is 0 Å². The summed E-state index contributed by atoms with van der Waals surface area (Å²) in [7, 11) is 1.75. The summed E-state index contributed by atoms with van der Waals surface area (Å²) in [5, 5.41) is 9.55. The second kappa shape index (κ2) is 11.0. The van der Waals surface area contributed by atoms with E-state index in [1.807, 2.05) is 37.3 Å². The zero-order chi connectivity index (χ0) is 19.5. The highest BCUT2D eigenvalue weighted by Crippen LogP contribution is 2.05. The SMILES string of the molecule is CN=C(NCCNC(=O)c1cccc(C)c1)NC(C)CCc1ccccc1. The predicted molar refractivity (Wildman–Crippen MR) is 112 cm³/mol. The lowest BCUT2D eigenvalue weighted by molar-refractivity contribution is 0.0954. The first kappa shape index (κ1) is 20.5. The Morgan fingerprint density at radius 1 is 1.04 bits per heavy atom. The molecule has 0 radical (unpaired) electrons. The summed E-state index contributed by atoms with van der Waals surface area (Å²) in [6.45, 7) is 5.27. The second-order valence-electron chi connectivity index (χ2n) is 6.69. The van der Waals surface area contributed by atoms with Gasteiger partial charge in [-0.1, -0.05) is 48.0 Å². The standard InChI is InChI=1S/C22H30N4O/c1-17-8-7-11-20(16-17)21(27)24-14-15-25-22(23-3)26-18(2)12-13-19-9-5-4-6-10-19/h4-11,16,18H,12-15H2,1-3H3,(H,24,27)(H2,23,25,26). The highest BCUT2D eigenvalue weighted by Gasteiger charge is 2.07. The Morgan fingerprint density at radius 3 is 2.48 bits per heavy atom. The van der Waals surface area contributed by atoms with Crippen LogP contribution in [0.1, 0.15) is 34.8 Å². The van der Waals surface area contributed by atoms with Gasteiger partial charge in [-0.15, -0.1) is 0 Å². The van der Waals surface area contributed by atoms with E-state index in [0.29, 0.717) is 24.7 Å². The van der Waals surface area contributed by atoms with E-state index in [2.05, 4.69) is 52.1 Å². The van der Waals surface area contributed by atoms with Crippen molar-refractivity contribution in [2.75, 3.05) is 20.1 Å². The molecule has 0 spiro atoms. The molecule has 0 aliphatic heterocycles. The fourth-order valence-corrected chi connectivity index (χ4v) is 2.77. The lowest BCUT2D eigenvalue weighted by atomic mass is 10.1. The molecule has 5 nitrogen and oxygen atoms in total. The first-order valence-electron chi connectivity index (χ1n) is 9.44. The van der Waals surface area contributed by atoms with E-state index in [-0.39, 0.29) is 5.91 Å². The van der Waals surface area contributed by atoms with Crippen LogP contribution in [0.5, 0.6) is 0 Å². The van der Waals surface area contributed by atoms with Crippen LogP contribution in [0.15, 0.2) is 59.6 Å². The smallest absolute Gasteiger partial charge is 0.251 e. The number of aryl methyl sites for hydroxylation is 2. The molecule has 3 N–H and O–H groups in total. The van der Waals surface area contributed by atoms with Crippen molar-refractivity contribution in [3.05, 3.63) is 71.3 Å². The number of aliphatic imine (C=N–C) groups is 1. The normalized spacial score (nSPS) is 12.3. The van der Waals surface area contributed by atoms with Crippen LogP contribution in [0.3, 0.4) is 0 Å². The van der Waals surface area contributed by atoms with Gasteiger partial charge in [-0.05, 0) is 44.4 Å². The number of carbonyl (C=O) groups excluding carboxylic acids is 1. The summed E-state index contributed by atoms with van der Waals surface area (Å²) < 4.78 is 0. The van der Waals surface area contributed by atoms with Crippen molar-refractivity contribution in [3.63, 3.8) is 0 Å². The molecule has 2 aromatic rings. The second-order valence-corrected chi connectivity index (χ2v) is 6.69. The van der Waals surface area contributed by atoms with Crippen LogP contribution in [-0.2, 0) is 6.42 Å². The maximum absolute atomic E-state index is 12.1. The number of amides is 1. The summed E-state index contributed by atoms with van der Waals surface area (Å²) >= 11 is 0. The van der Waals surface area contributed by atoms with Gasteiger partial charge in [0.15, 0.2) is 5.96 Å². The first-order chi connectivity index (χ1) is 13.1. The number of hydrogen-bond acceptors (Lipinski definition) is 2. The lowest BCUT2D eigenvalue weighted by Gasteiger charge is -2.18. The third-order valence-electron chi connectivity index (χ3n) is 4.30. The Morgan fingerprint density at radius 2 is 1.78 bits per heavy atom. The van der Waals surface area contributed by atoms with Crippen molar-refractivity contribution >= 4 is 11.9 Å². The Labute approximate surface area is 162 Å². The third-order valence-corrected chi connectivity index (χ3v) is 4.30. The number of rotatable bonds is 8. The van der Waals surface area contributed by atoms with E-state index in [1.165, 1.54) is 5.56 Å². The topological polar surface area (TPSA) is 65.5 Å². The number of hydrogen-bond donors (Lipinski definition) is 3. The van der Waals surface area contributed by atoms with E-state index in [9.17, 15) is 4.79 Å². The number of nitrogens with zero attached hydrogens (tertiary/aromatic N) is 1. The predicted octanol–water partition coefficient (Wildman–Crippen LogP) is 2.91. The summed E-state index contributed by atoms with van der Waals surface area (Å²) in [5.41, 5.74) is 3.11. The van der Waals surface area contributed by atoms with Gasteiger partial charge in [0, 0.05) is 31.7 Å². The number of guanidine groups is 1. The maximum atomic E-state index is 12.1. The lowest BCUT2D eigenvalue weighted by Crippen LogP contribution is -2.45. The largest absolute Gasteiger partial charge is 0.355 e. The molecule has 0 saturated carbocycles. The molecule has 0 saturated heterocycles. The van der Waals surface area contributed by atoms with Crippen LogP contribution in [0, 0.1) is 6.92 Å². The fourth-order valence-electron chi connectivity index (χ4n) is 2.77. The molecular formula is C22H30N4O. The highest BCUT2D eigenvalue weighted by atomic mass is 16.1. The number of benzene rings is 2. The van der Waals surface area contributed by atoms with Crippen molar-refractivity contribution in [1.29, 1.82) is 0 Å². The van der Waals surface area contributed by atoms with Crippen molar-refractivity contribution in [2.45, 2.75) is 32.7 Å². The van der Waals surface area contributed by atoms with Gasteiger partial charge in [0.25, 0.3) is 5.91 Å².